The molecule has 1 aliphatic carbocycles. The van der Waals surface area contributed by atoms with E-state index in [1.807, 2.05) is 18.5 Å². The van der Waals surface area contributed by atoms with Gasteiger partial charge in [-0.25, -0.2) is 9.97 Å². The van der Waals surface area contributed by atoms with Gasteiger partial charge in [0.05, 0.1) is 22.4 Å². The lowest BCUT2D eigenvalue weighted by Gasteiger charge is -2.12. The van der Waals surface area contributed by atoms with Gasteiger partial charge >= 0.3 is 0 Å². The van der Waals surface area contributed by atoms with Crippen molar-refractivity contribution in [1.82, 2.24) is 15.0 Å². The molecule has 8 aromatic rings. The van der Waals surface area contributed by atoms with Crippen molar-refractivity contribution < 1.29 is 0 Å². The van der Waals surface area contributed by atoms with Crippen molar-refractivity contribution in [2.45, 2.75) is 6.42 Å². The van der Waals surface area contributed by atoms with Crippen LogP contribution in [0.1, 0.15) is 11.1 Å². The minimum atomic E-state index is 0.930. The lowest BCUT2D eigenvalue weighted by atomic mass is 9.92. The van der Waals surface area contributed by atoms with Gasteiger partial charge in [-0.3, -0.25) is 4.98 Å². The summed E-state index contributed by atoms with van der Waals surface area (Å²) in [6, 6.07) is 45.4. The maximum atomic E-state index is 5.24. The van der Waals surface area contributed by atoms with Crippen LogP contribution in [0.25, 0.3) is 77.3 Å². The molecule has 0 atom stereocenters. The normalized spacial score (nSPS) is 12.1. The zero-order valence-electron chi connectivity index (χ0n) is 23.3. The fourth-order valence-corrected chi connectivity index (χ4v) is 6.58. The van der Waals surface area contributed by atoms with Gasteiger partial charge in [0.25, 0.3) is 0 Å². The molecule has 0 saturated carbocycles. The second kappa shape index (κ2) is 9.43. The third-order valence-electron chi connectivity index (χ3n) is 8.75. The number of hydrogen-bond donors (Lipinski definition) is 0. The Morgan fingerprint density at radius 2 is 1.16 bits per heavy atom. The number of rotatable bonds is 3. The number of nitrogens with zero attached hydrogens (tertiary/aromatic N) is 3. The van der Waals surface area contributed by atoms with Gasteiger partial charge in [-0.15, -0.1) is 0 Å². The maximum Gasteiger partial charge on any atom is 0.0972 e. The zero-order valence-corrected chi connectivity index (χ0v) is 23.3. The molecule has 3 aromatic heterocycles. The van der Waals surface area contributed by atoms with Crippen LogP contribution in [0.5, 0.6) is 0 Å². The van der Waals surface area contributed by atoms with Crippen molar-refractivity contribution in [2.24, 2.45) is 0 Å². The summed E-state index contributed by atoms with van der Waals surface area (Å²) in [5, 5.41) is 4.54. The van der Waals surface area contributed by atoms with Crippen LogP contribution < -0.4 is 0 Å². The average molecular weight is 548 g/mol. The molecule has 3 heterocycles. The van der Waals surface area contributed by atoms with Gasteiger partial charge in [0.15, 0.2) is 0 Å². The second-order valence-corrected chi connectivity index (χ2v) is 11.3. The predicted molar refractivity (Wildman–Crippen MR) is 177 cm³/mol. The van der Waals surface area contributed by atoms with E-state index in [9.17, 15) is 0 Å². The molecule has 0 spiro atoms. The lowest BCUT2D eigenvalue weighted by Crippen LogP contribution is -1.91. The van der Waals surface area contributed by atoms with Gasteiger partial charge in [0.2, 0.25) is 0 Å². The van der Waals surface area contributed by atoms with E-state index in [2.05, 4.69) is 126 Å². The molecule has 0 aliphatic heterocycles. The first-order chi connectivity index (χ1) is 21.3. The summed E-state index contributed by atoms with van der Waals surface area (Å²) >= 11 is 0. The minimum absolute atomic E-state index is 0.930. The van der Waals surface area contributed by atoms with Crippen LogP contribution in [-0.2, 0) is 6.42 Å². The molecule has 43 heavy (non-hydrogen) atoms. The minimum Gasteiger partial charge on any atom is -0.264 e. The molecule has 0 unspecified atom stereocenters. The Morgan fingerprint density at radius 3 is 1.98 bits per heavy atom. The average Bonchev–Trinajstić information content (AvgIpc) is 3.46. The highest BCUT2D eigenvalue weighted by Gasteiger charge is 2.23. The molecule has 3 heteroatoms. The predicted octanol–water partition coefficient (Wildman–Crippen LogP) is 9.90. The Kier molecular flexibility index (Phi) is 5.26. The van der Waals surface area contributed by atoms with Gasteiger partial charge < -0.3 is 0 Å². The SMILES string of the molecule is c1ccc(-c2ccc3ccc4ccc(-c5ccc6c(c5)-c5c(cccc5-c5ccc7ccncc7c5)C6)nc4c3n2)cc1. The molecule has 0 fully saturated rings. The van der Waals surface area contributed by atoms with Crippen molar-refractivity contribution >= 4 is 32.6 Å². The second-order valence-electron chi connectivity index (χ2n) is 11.3. The van der Waals surface area contributed by atoms with Crippen molar-refractivity contribution in [3.63, 3.8) is 0 Å². The Hall–Kier alpha value is -5.67. The van der Waals surface area contributed by atoms with Crippen molar-refractivity contribution in [3.8, 4) is 44.8 Å². The molecule has 0 saturated heterocycles. The summed E-state index contributed by atoms with van der Waals surface area (Å²) in [4.78, 5) is 14.7. The van der Waals surface area contributed by atoms with Crippen molar-refractivity contribution in [1.29, 1.82) is 0 Å². The van der Waals surface area contributed by atoms with E-state index in [-0.39, 0.29) is 0 Å². The number of hydrogen-bond acceptors (Lipinski definition) is 3. The summed E-state index contributed by atoms with van der Waals surface area (Å²) in [5.41, 5.74) is 13.8. The fraction of sp³-hybridized carbons (Fsp3) is 0.0250. The molecule has 0 bridgehead atoms. The summed E-state index contributed by atoms with van der Waals surface area (Å²) in [6.07, 6.45) is 4.73. The van der Waals surface area contributed by atoms with E-state index >= 15 is 0 Å². The van der Waals surface area contributed by atoms with Gasteiger partial charge in [0.1, 0.15) is 0 Å². The van der Waals surface area contributed by atoms with E-state index in [4.69, 9.17) is 9.97 Å². The van der Waals surface area contributed by atoms with Crippen LogP contribution >= 0.6 is 0 Å². The van der Waals surface area contributed by atoms with Crippen LogP contribution in [0.3, 0.4) is 0 Å². The Bertz CT molecular complexity index is 2370. The topological polar surface area (TPSA) is 38.7 Å². The van der Waals surface area contributed by atoms with Crippen LogP contribution in [0.4, 0.5) is 0 Å². The van der Waals surface area contributed by atoms with Gasteiger partial charge in [0, 0.05) is 39.7 Å². The van der Waals surface area contributed by atoms with Crippen molar-refractivity contribution in [3.05, 3.63) is 151 Å². The standard InChI is InChI=1S/C40H25N3/c1-2-5-26(6-3-1)36-17-15-27-10-11-28-16-18-37(43-40(28)39(27)42-36)31-14-13-30-21-32-7-4-8-34(38(32)35(30)23-31)29-12-9-25-19-20-41-24-33(25)22-29/h1-20,22-24H,21H2. The molecule has 5 aromatic carbocycles. The molecule has 3 nitrogen and oxygen atoms in total. The highest BCUT2D eigenvalue weighted by molar-refractivity contribution is 6.04. The van der Waals surface area contributed by atoms with Crippen molar-refractivity contribution in [2.75, 3.05) is 0 Å². The molecule has 0 radical (unpaired) electrons. The molecule has 0 N–H and O–H groups in total. The molecule has 0 amide bonds. The van der Waals surface area contributed by atoms with Gasteiger partial charge in [-0.05, 0) is 75.5 Å². The summed E-state index contributed by atoms with van der Waals surface area (Å²) in [7, 11) is 0. The monoisotopic (exact) mass is 547 g/mol. The van der Waals surface area contributed by atoms with E-state index in [0.29, 0.717) is 0 Å². The molecule has 200 valence electrons. The highest BCUT2D eigenvalue weighted by atomic mass is 14.8. The molecular formula is C40H25N3. The summed E-state index contributed by atoms with van der Waals surface area (Å²) in [5.74, 6) is 0. The molecule has 1 aliphatic rings. The number of fused-ring (bicyclic) bond motifs is 7. The van der Waals surface area contributed by atoms with Crippen LogP contribution in [0, 0.1) is 0 Å². The zero-order chi connectivity index (χ0) is 28.3. The Morgan fingerprint density at radius 1 is 0.442 bits per heavy atom. The third kappa shape index (κ3) is 3.93. The van der Waals surface area contributed by atoms with E-state index in [1.165, 1.54) is 38.8 Å². The van der Waals surface area contributed by atoms with Gasteiger partial charge in [-0.1, -0.05) is 97.1 Å². The van der Waals surface area contributed by atoms with Gasteiger partial charge in [-0.2, -0.15) is 0 Å². The number of aromatic nitrogens is 3. The number of benzene rings is 5. The molecular weight excluding hydrogens is 522 g/mol. The molecule has 9 rings (SSSR count). The smallest absolute Gasteiger partial charge is 0.0972 e. The fourth-order valence-electron chi connectivity index (χ4n) is 6.58. The Balaban J connectivity index is 1.18. The third-order valence-corrected chi connectivity index (χ3v) is 8.75. The highest BCUT2D eigenvalue weighted by Crippen LogP contribution is 2.45. The summed E-state index contributed by atoms with van der Waals surface area (Å²) < 4.78 is 0. The lowest BCUT2D eigenvalue weighted by molar-refractivity contribution is 1.26. The largest absolute Gasteiger partial charge is 0.264 e. The van der Waals surface area contributed by atoms with E-state index < -0.39 is 0 Å². The Labute approximate surface area is 249 Å². The maximum absolute atomic E-state index is 5.24. The van der Waals surface area contributed by atoms with Crippen LogP contribution in [0.2, 0.25) is 0 Å². The summed E-state index contributed by atoms with van der Waals surface area (Å²) in [6.45, 7) is 0. The van der Waals surface area contributed by atoms with E-state index in [0.717, 1.165) is 56.1 Å². The van der Waals surface area contributed by atoms with Crippen LogP contribution in [0.15, 0.2) is 140 Å². The number of pyridine rings is 3. The first-order valence-corrected chi connectivity index (χ1v) is 14.6. The first kappa shape index (κ1) is 24.0. The van der Waals surface area contributed by atoms with Crippen LogP contribution in [-0.4, -0.2) is 15.0 Å². The first-order valence-electron chi connectivity index (χ1n) is 14.6. The quantitative estimate of drug-likeness (QED) is 0.207. The van der Waals surface area contributed by atoms with E-state index in [1.54, 1.807) is 0 Å².